The van der Waals surface area contributed by atoms with E-state index in [0.717, 1.165) is 56.1 Å². The number of hydrogen-bond acceptors (Lipinski definition) is 1. The third-order valence-corrected chi connectivity index (χ3v) is 4.44. The number of carbonyl (C=O) groups excluding carboxylic acids is 1. The van der Waals surface area contributed by atoms with Crippen molar-refractivity contribution in [1.82, 2.24) is 4.90 Å². The summed E-state index contributed by atoms with van der Waals surface area (Å²) in [5.41, 5.74) is 0.662. The highest BCUT2D eigenvalue weighted by atomic mass is 79.9. The quantitative estimate of drug-likeness (QED) is 0.491. The molecule has 0 spiro atoms. The molecule has 1 amide bonds. The van der Waals surface area contributed by atoms with Gasteiger partial charge in [-0.05, 0) is 47.0 Å². The molecule has 0 aromatic heterocycles. The van der Waals surface area contributed by atoms with Crippen LogP contribution in [0.25, 0.3) is 0 Å². The fraction of sp³-hybridized carbons (Fsp3) is 0.588. The lowest BCUT2D eigenvalue weighted by molar-refractivity contribution is 0.0748. The molecule has 118 valence electrons. The predicted molar refractivity (Wildman–Crippen MR) is 94.1 cm³/mol. The van der Waals surface area contributed by atoms with Crippen molar-refractivity contribution in [1.29, 1.82) is 0 Å². The highest BCUT2D eigenvalue weighted by molar-refractivity contribution is 9.10. The Bertz CT molecular complexity index is 440. The maximum Gasteiger partial charge on any atom is 0.255 e. The summed E-state index contributed by atoms with van der Waals surface area (Å²) in [6.07, 6.45) is 6.78. The number of unbranched alkanes of at least 4 members (excludes halogenated alkanes) is 4. The lowest BCUT2D eigenvalue weighted by Crippen LogP contribution is -2.33. The van der Waals surface area contributed by atoms with Crippen LogP contribution in [-0.2, 0) is 0 Å². The molecule has 1 aromatic carbocycles. The van der Waals surface area contributed by atoms with Crippen LogP contribution in [0.1, 0.15) is 62.7 Å². The summed E-state index contributed by atoms with van der Waals surface area (Å²) < 4.78 is 0.813. The maximum atomic E-state index is 12.7. The third-order valence-electron chi connectivity index (χ3n) is 3.51. The molecule has 0 unspecified atom stereocenters. The summed E-state index contributed by atoms with van der Waals surface area (Å²) in [7, 11) is 0. The lowest BCUT2D eigenvalue weighted by atomic mass is 10.1. The third kappa shape index (κ3) is 6.39. The first kappa shape index (κ1) is 18.5. The molecule has 0 saturated heterocycles. The highest BCUT2D eigenvalue weighted by Gasteiger charge is 2.18. The van der Waals surface area contributed by atoms with Crippen molar-refractivity contribution in [2.24, 2.45) is 0 Å². The van der Waals surface area contributed by atoms with E-state index in [0.29, 0.717) is 10.6 Å². The van der Waals surface area contributed by atoms with E-state index >= 15 is 0 Å². The van der Waals surface area contributed by atoms with Crippen molar-refractivity contribution in [3.05, 3.63) is 33.3 Å². The second-order valence-corrected chi connectivity index (χ2v) is 6.62. The Hall–Kier alpha value is -0.540. The number of nitrogens with zero attached hydrogens (tertiary/aromatic N) is 1. The van der Waals surface area contributed by atoms with Gasteiger partial charge in [0, 0.05) is 22.6 Å². The van der Waals surface area contributed by atoms with Crippen molar-refractivity contribution in [2.75, 3.05) is 13.1 Å². The van der Waals surface area contributed by atoms with E-state index in [1.807, 2.05) is 11.0 Å². The number of benzene rings is 1. The maximum absolute atomic E-state index is 12.7. The van der Waals surface area contributed by atoms with Crippen LogP contribution in [0.5, 0.6) is 0 Å². The van der Waals surface area contributed by atoms with Gasteiger partial charge in [0.15, 0.2) is 0 Å². The standard InChI is InChI=1S/C17H25BrClNO/c1-3-5-7-11-20(12-8-6-4-2)17(21)15-13-14(19)9-10-16(15)18/h9-10,13H,3-8,11-12H2,1-2H3. The Morgan fingerprint density at radius 1 is 1.10 bits per heavy atom. The first-order valence-electron chi connectivity index (χ1n) is 7.84. The summed E-state index contributed by atoms with van der Waals surface area (Å²) in [6.45, 7) is 6.01. The average Bonchev–Trinajstić information content (AvgIpc) is 2.48. The minimum absolute atomic E-state index is 0.0802. The predicted octanol–water partition coefficient (Wildman–Crippen LogP) is 5.93. The zero-order valence-electron chi connectivity index (χ0n) is 13.0. The van der Waals surface area contributed by atoms with Crippen LogP contribution in [-0.4, -0.2) is 23.9 Å². The molecule has 0 fully saturated rings. The number of halogens is 2. The van der Waals surface area contributed by atoms with Crippen LogP contribution in [0.2, 0.25) is 5.02 Å². The van der Waals surface area contributed by atoms with Crippen LogP contribution >= 0.6 is 27.5 Å². The molecule has 0 heterocycles. The van der Waals surface area contributed by atoms with Gasteiger partial charge in [0.2, 0.25) is 0 Å². The number of rotatable bonds is 9. The summed E-state index contributed by atoms with van der Waals surface area (Å²) >= 11 is 9.48. The Labute approximate surface area is 142 Å². The molecular formula is C17H25BrClNO. The van der Waals surface area contributed by atoms with Gasteiger partial charge in [-0.25, -0.2) is 0 Å². The van der Waals surface area contributed by atoms with Crippen molar-refractivity contribution in [3.63, 3.8) is 0 Å². The van der Waals surface area contributed by atoms with E-state index in [9.17, 15) is 4.79 Å². The van der Waals surface area contributed by atoms with Crippen molar-refractivity contribution < 1.29 is 4.79 Å². The van der Waals surface area contributed by atoms with Crippen LogP contribution in [0, 0.1) is 0 Å². The Morgan fingerprint density at radius 3 is 2.19 bits per heavy atom. The van der Waals surface area contributed by atoms with E-state index in [2.05, 4.69) is 29.8 Å². The van der Waals surface area contributed by atoms with Gasteiger partial charge in [-0.2, -0.15) is 0 Å². The van der Waals surface area contributed by atoms with Crippen LogP contribution in [0.15, 0.2) is 22.7 Å². The van der Waals surface area contributed by atoms with Gasteiger partial charge in [-0.3, -0.25) is 4.79 Å². The van der Waals surface area contributed by atoms with Crippen molar-refractivity contribution in [2.45, 2.75) is 52.4 Å². The molecule has 21 heavy (non-hydrogen) atoms. The molecule has 1 aromatic rings. The molecule has 0 N–H and O–H groups in total. The first-order valence-corrected chi connectivity index (χ1v) is 9.01. The molecule has 0 aliphatic heterocycles. The molecule has 4 heteroatoms. The number of carbonyl (C=O) groups is 1. The Morgan fingerprint density at radius 2 is 1.67 bits per heavy atom. The van der Waals surface area contributed by atoms with E-state index in [1.54, 1.807) is 12.1 Å². The second kappa shape index (κ2) is 10.2. The minimum atomic E-state index is 0.0802. The van der Waals surface area contributed by atoms with Crippen LogP contribution < -0.4 is 0 Å². The molecule has 0 atom stereocenters. The fourth-order valence-corrected chi connectivity index (χ4v) is 2.84. The number of amides is 1. The SMILES string of the molecule is CCCCCN(CCCCC)C(=O)c1cc(Cl)ccc1Br. The Balaban J connectivity index is 2.79. The Kier molecular flexibility index (Phi) is 9.02. The number of hydrogen-bond donors (Lipinski definition) is 0. The minimum Gasteiger partial charge on any atom is -0.339 e. The van der Waals surface area contributed by atoms with Crippen molar-refractivity contribution in [3.8, 4) is 0 Å². The first-order chi connectivity index (χ1) is 10.1. The smallest absolute Gasteiger partial charge is 0.255 e. The van der Waals surface area contributed by atoms with Gasteiger partial charge in [-0.15, -0.1) is 0 Å². The molecule has 0 aliphatic carbocycles. The normalized spacial score (nSPS) is 10.7. The molecule has 0 bridgehead atoms. The lowest BCUT2D eigenvalue weighted by Gasteiger charge is -2.23. The van der Waals surface area contributed by atoms with Gasteiger partial charge in [-0.1, -0.05) is 51.1 Å². The van der Waals surface area contributed by atoms with Gasteiger partial charge >= 0.3 is 0 Å². The summed E-state index contributed by atoms with van der Waals surface area (Å²) in [5.74, 6) is 0.0802. The van der Waals surface area contributed by atoms with Crippen LogP contribution in [0.4, 0.5) is 0 Å². The summed E-state index contributed by atoms with van der Waals surface area (Å²) in [5, 5.41) is 0.601. The van der Waals surface area contributed by atoms with Gasteiger partial charge in [0.25, 0.3) is 5.91 Å². The zero-order chi connectivity index (χ0) is 15.7. The van der Waals surface area contributed by atoms with E-state index in [-0.39, 0.29) is 5.91 Å². The molecule has 0 aliphatic rings. The topological polar surface area (TPSA) is 20.3 Å². The van der Waals surface area contributed by atoms with E-state index in [1.165, 1.54) is 0 Å². The average molecular weight is 375 g/mol. The van der Waals surface area contributed by atoms with Crippen molar-refractivity contribution >= 4 is 33.4 Å². The van der Waals surface area contributed by atoms with Gasteiger partial charge in [0.1, 0.15) is 0 Å². The summed E-state index contributed by atoms with van der Waals surface area (Å²) in [6, 6.07) is 5.38. The molecule has 0 radical (unpaired) electrons. The molecule has 1 rings (SSSR count). The molecule has 2 nitrogen and oxygen atoms in total. The fourth-order valence-electron chi connectivity index (χ4n) is 2.25. The summed E-state index contributed by atoms with van der Waals surface area (Å²) in [4.78, 5) is 14.7. The molecule has 0 saturated carbocycles. The van der Waals surface area contributed by atoms with Crippen LogP contribution in [0.3, 0.4) is 0 Å². The van der Waals surface area contributed by atoms with Gasteiger partial charge < -0.3 is 4.90 Å². The second-order valence-electron chi connectivity index (χ2n) is 5.33. The van der Waals surface area contributed by atoms with E-state index < -0.39 is 0 Å². The van der Waals surface area contributed by atoms with Gasteiger partial charge in [0.05, 0.1) is 5.56 Å². The molecular weight excluding hydrogens is 350 g/mol. The van der Waals surface area contributed by atoms with E-state index in [4.69, 9.17) is 11.6 Å². The zero-order valence-corrected chi connectivity index (χ0v) is 15.3. The monoisotopic (exact) mass is 373 g/mol. The highest BCUT2D eigenvalue weighted by Crippen LogP contribution is 2.23. The largest absolute Gasteiger partial charge is 0.339 e.